The van der Waals surface area contributed by atoms with E-state index in [1.165, 1.54) is 0 Å². The van der Waals surface area contributed by atoms with Crippen molar-refractivity contribution in [1.29, 1.82) is 0 Å². The number of aliphatic hydroxyl groups excluding tert-OH is 1. The van der Waals surface area contributed by atoms with E-state index in [2.05, 4.69) is 21.1 Å². The molecule has 0 aliphatic heterocycles. The lowest BCUT2D eigenvalue weighted by Gasteiger charge is -2.21. The van der Waals surface area contributed by atoms with Crippen LogP contribution in [0, 0.1) is 9.93 Å². The highest BCUT2D eigenvalue weighted by Crippen LogP contribution is 1.84. The van der Waals surface area contributed by atoms with Gasteiger partial charge >= 0.3 is 0 Å². The topological polar surface area (TPSA) is 54.4 Å². The average molecular weight is 136 g/mol. The molecule has 0 fully saturated rings. The molecule has 0 heterocycles. The van der Waals surface area contributed by atoms with Gasteiger partial charge in [0, 0.05) is 9.93 Å². The molecular formula is C5H14NO3+. The van der Waals surface area contributed by atoms with Gasteiger partial charge in [-0.25, -0.2) is 0 Å². The molecular weight excluding hydrogens is 122 g/mol. The number of hydrogen-bond acceptors (Lipinski definition) is 3. The van der Waals surface area contributed by atoms with E-state index >= 15 is 0 Å². The van der Waals surface area contributed by atoms with Crippen LogP contribution in [0.25, 0.3) is 0 Å². The number of nitrogens with zero attached hydrogens (tertiary/aromatic N) is 1. The van der Waals surface area contributed by atoms with E-state index in [4.69, 9.17) is 15.0 Å². The molecule has 0 unspecified atom stereocenters. The lowest BCUT2D eigenvalue weighted by Crippen LogP contribution is -2.36. The molecule has 0 amide bonds. The highest BCUT2D eigenvalue weighted by Gasteiger charge is 2.02. The van der Waals surface area contributed by atoms with Crippen molar-refractivity contribution < 1.29 is 9.59 Å². The molecule has 4 heteroatoms. The molecule has 0 spiro atoms. The van der Waals surface area contributed by atoms with Crippen LogP contribution in [0.3, 0.4) is 0 Å². The standard InChI is InChI=1S/C5H14NO.O2/c1-6(2,3)4-5-7;1-2/h7H,4-5H2,1-3H3;/q+1;. The second kappa shape index (κ2) is 5.65. The zero-order valence-corrected chi connectivity index (χ0v) is 6.13. The molecule has 0 rings (SSSR count). The smallest absolute Gasteiger partial charge is 0.101 e. The monoisotopic (exact) mass is 136 g/mol. The maximum absolute atomic E-state index is 8.39. The zero-order valence-electron chi connectivity index (χ0n) is 6.13. The van der Waals surface area contributed by atoms with Crippen LogP contribution in [0.2, 0.25) is 0 Å². The Hall–Kier alpha value is -0.480. The summed E-state index contributed by atoms with van der Waals surface area (Å²) in [5.74, 6) is 0. The minimum absolute atomic E-state index is 0.281. The molecule has 0 aromatic rings. The molecule has 9 heavy (non-hydrogen) atoms. The first-order valence-corrected chi connectivity index (χ1v) is 2.64. The van der Waals surface area contributed by atoms with E-state index in [0.29, 0.717) is 0 Å². The van der Waals surface area contributed by atoms with Crippen molar-refractivity contribution in [3.63, 3.8) is 0 Å². The van der Waals surface area contributed by atoms with E-state index in [0.717, 1.165) is 11.0 Å². The van der Waals surface area contributed by atoms with Crippen molar-refractivity contribution in [3.8, 4) is 0 Å². The summed E-state index contributed by atoms with van der Waals surface area (Å²) in [6.07, 6.45) is 0. The molecule has 0 aromatic carbocycles. The van der Waals surface area contributed by atoms with Crippen LogP contribution in [0.15, 0.2) is 0 Å². The van der Waals surface area contributed by atoms with Gasteiger partial charge in [-0.05, 0) is 0 Å². The highest BCUT2D eigenvalue weighted by atomic mass is 16.7. The molecule has 1 N–H and O–H groups in total. The van der Waals surface area contributed by atoms with Gasteiger partial charge in [0.05, 0.1) is 27.7 Å². The van der Waals surface area contributed by atoms with Gasteiger partial charge in [-0.1, -0.05) is 0 Å². The van der Waals surface area contributed by atoms with Crippen molar-refractivity contribution >= 4 is 0 Å². The third-order valence-electron chi connectivity index (χ3n) is 0.771. The summed E-state index contributed by atoms with van der Waals surface area (Å²) in [7, 11) is 6.16. The van der Waals surface area contributed by atoms with Gasteiger partial charge in [-0.2, -0.15) is 0 Å². The minimum Gasteiger partial charge on any atom is -0.391 e. The van der Waals surface area contributed by atoms with Gasteiger partial charge in [0.25, 0.3) is 0 Å². The van der Waals surface area contributed by atoms with Crippen molar-refractivity contribution in [2.75, 3.05) is 34.3 Å². The van der Waals surface area contributed by atoms with E-state index in [1.807, 2.05) is 0 Å². The third-order valence-corrected chi connectivity index (χ3v) is 0.771. The second-order valence-electron chi connectivity index (χ2n) is 2.74. The highest BCUT2D eigenvalue weighted by molar-refractivity contribution is 4.19. The molecule has 0 aliphatic rings. The van der Waals surface area contributed by atoms with Gasteiger partial charge in [-0.15, -0.1) is 0 Å². The quantitative estimate of drug-likeness (QED) is 0.533. The molecule has 0 bridgehead atoms. The number of rotatable bonds is 2. The molecule has 0 saturated heterocycles. The van der Waals surface area contributed by atoms with Crippen molar-refractivity contribution in [2.45, 2.75) is 0 Å². The lowest BCUT2D eigenvalue weighted by molar-refractivity contribution is -0.870. The Morgan fingerprint density at radius 1 is 1.22 bits per heavy atom. The maximum Gasteiger partial charge on any atom is 0.101 e. The summed E-state index contributed by atoms with van der Waals surface area (Å²) in [5, 5.41) is 8.39. The first-order chi connectivity index (χ1) is 4.06. The fourth-order valence-electron chi connectivity index (χ4n) is 0.300. The summed E-state index contributed by atoms with van der Waals surface area (Å²) in [4.78, 5) is 14.0. The minimum atomic E-state index is 0.281. The summed E-state index contributed by atoms with van der Waals surface area (Å²) >= 11 is 0. The molecule has 0 aliphatic carbocycles. The van der Waals surface area contributed by atoms with Gasteiger partial charge in [-0.3, -0.25) is 0 Å². The van der Waals surface area contributed by atoms with Crippen LogP contribution >= 0.6 is 0 Å². The Kier molecular flexibility index (Phi) is 7.12. The van der Waals surface area contributed by atoms with Gasteiger partial charge in [0.15, 0.2) is 0 Å². The van der Waals surface area contributed by atoms with Crippen molar-refractivity contribution in [3.05, 3.63) is 9.93 Å². The molecule has 4 nitrogen and oxygen atoms in total. The lowest BCUT2D eigenvalue weighted by atomic mass is 10.5. The first-order valence-electron chi connectivity index (χ1n) is 2.64. The molecule has 0 aromatic heterocycles. The molecule has 0 saturated carbocycles. The summed E-state index contributed by atoms with van der Waals surface area (Å²) in [5.41, 5.74) is 0. The normalized spacial score (nSPS) is 9.78. The SMILES string of the molecule is C[N+](C)(C)CCO.O=O. The zero-order chi connectivity index (χ0) is 7.91. The summed E-state index contributed by atoms with van der Waals surface area (Å²) in [6, 6.07) is 0. The van der Waals surface area contributed by atoms with E-state index in [1.54, 1.807) is 0 Å². The molecule has 56 valence electrons. The predicted molar refractivity (Wildman–Crippen MR) is 36.7 cm³/mol. The average Bonchev–Trinajstić information content (AvgIpc) is 1.69. The van der Waals surface area contributed by atoms with Crippen LogP contribution in [0.5, 0.6) is 0 Å². The Bertz CT molecular complexity index is 59.7. The Morgan fingerprint density at radius 2 is 1.56 bits per heavy atom. The van der Waals surface area contributed by atoms with Crippen LogP contribution in [-0.2, 0) is 0 Å². The number of aliphatic hydroxyl groups is 1. The molecule has 0 radical (unpaired) electrons. The molecule has 0 atom stereocenters. The van der Waals surface area contributed by atoms with Crippen LogP contribution in [0.4, 0.5) is 0 Å². The number of hydrogen-bond donors (Lipinski definition) is 1. The number of likely N-dealkylation sites (N-methyl/N-ethyl adjacent to an activating group) is 1. The van der Waals surface area contributed by atoms with E-state index in [9.17, 15) is 0 Å². The first kappa shape index (κ1) is 11.3. The Labute approximate surface area is 54.9 Å². The summed E-state index contributed by atoms with van der Waals surface area (Å²) < 4.78 is 0.844. The van der Waals surface area contributed by atoms with Crippen LogP contribution in [-0.4, -0.2) is 43.9 Å². The van der Waals surface area contributed by atoms with Gasteiger partial charge in [0.2, 0.25) is 0 Å². The second-order valence-corrected chi connectivity index (χ2v) is 2.74. The van der Waals surface area contributed by atoms with E-state index < -0.39 is 0 Å². The third kappa shape index (κ3) is 18.5. The number of quaternary nitrogens is 1. The van der Waals surface area contributed by atoms with Crippen molar-refractivity contribution in [1.82, 2.24) is 0 Å². The fraction of sp³-hybridized carbons (Fsp3) is 1.00. The Balaban J connectivity index is 0. The van der Waals surface area contributed by atoms with E-state index in [-0.39, 0.29) is 6.61 Å². The Morgan fingerprint density at radius 3 is 1.56 bits per heavy atom. The van der Waals surface area contributed by atoms with Gasteiger partial charge in [0.1, 0.15) is 6.54 Å². The largest absolute Gasteiger partial charge is 0.391 e. The van der Waals surface area contributed by atoms with Crippen LogP contribution < -0.4 is 0 Å². The maximum atomic E-state index is 8.39. The van der Waals surface area contributed by atoms with Crippen molar-refractivity contribution in [2.24, 2.45) is 0 Å². The fourth-order valence-corrected chi connectivity index (χ4v) is 0.300. The predicted octanol–water partition coefficient (Wildman–Crippen LogP) is -0.248. The summed E-state index contributed by atoms with van der Waals surface area (Å²) in [6.45, 7) is 1.11. The van der Waals surface area contributed by atoms with Crippen LogP contribution in [0.1, 0.15) is 0 Å². The van der Waals surface area contributed by atoms with Gasteiger partial charge < -0.3 is 9.59 Å².